The molecule has 0 saturated carbocycles. The molecule has 29 heavy (non-hydrogen) atoms. The summed E-state index contributed by atoms with van der Waals surface area (Å²) in [6.45, 7) is 8.00. The van der Waals surface area contributed by atoms with Gasteiger partial charge in [-0.3, -0.25) is 4.57 Å². The van der Waals surface area contributed by atoms with Crippen molar-refractivity contribution in [2.45, 2.75) is 71.4 Å². The summed E-state index contributed by atoms with van der Waals surface area (Å²) in [6, 6.07) is 7.54. The highest BCUT2D eigenvalue weighted by atomic mass is 32.1. The van der Waals surface area contributed by atoms with Crippen LogP contribution >= 0.6 is 12.2 Å². The molecule has 1 N–H and O–H groups in total. The first-order valence-corrected chi connectivity index (χ1v) is 10.7. The van der Waals surface area contributed by atoms with Gasteiger partial charge in [-0.05, 0) is 64.4 Å². The van der Waals surface area contributed by atoms with Crippen LogP contribution in [0.25, 0.3) is 0 Å². The first-order valence-electron chi connectivity index (χ1n) is 10.3. The third-order valence-corrected chi connectivity index (χ3v) is 6.26. The fourth-order valence-electron chi connectivity index (χ4n) is 4.20. The van der Waals surface area contributed by atoms with Crippen LogP contribution in [0.4, 0.5) is 4.39 Å². The maximum Gasteiger partial charge on any atom is 0.203 e. The molecule has 0 amide bonds. The van der Waals surface area contributed by atoms with E-state index in [1.165, 1.54) is 30.2 Å². The van der Waals surface area contributed by atoms with Crippen molar-refractivity contribution in [1.29, 1.82) is 0 Å². The topological polar surface area (TPSA) is 45.6 Å². The van der Waals surface area contributed by atoms with Crippen molar-refractivity contribution < 1.29 is 18.8 Å². The molecule has 0 bridgehead atoms. The molecule has 1 fully saturated rings. The highest BCUT2D eigenvalue weighted by molar-refractivity contribution is 7.71. The molecule has 1 aliphatic heterocycles. The van der Waals surface area contributed by atoms with Gasteiger partial charge in [-0.15, -0.1) is 5.10 Å². The molecule has 0 radical (unpaired) electrons. The fraction of sp³-hybridized carbons (Fsp3) is 0.619. The minimum atomic E-state index is -0.387. The van der Waals surface area contributed by atoms with Gasteiger partial charge in [0.25, 0.3) is 0 Å². The Morgan fingerprint density at radius 3 is 2.62 bits per heavy atom. The van der Waals surface area contributed by atoms with Crippen LogP contribution < -0.4 is 9.64 Å². The zero-order valence-corrected chi connectivity index (χ0v) is 18.5. The van der Waals surface area contributed by atoms with E-state index in [9.17, 15) is 4.39 Å². The number of quaternary nitrogens is 1. The number of likely N-dealkylation sites (tertiary alicyclic amines) is 1. The van der Waals surface area contributed by atoms with E-state index in [4.69, 9.17) is 26.8 Å². The second-order valence-electron chi connectivity index (χ2n) is 8.06. The predicted octanol–water partition coefficient (Wildman–Crippen LogP) is 3.14. The van der Waals surface area contributed by atoms with E-state index in [1.807, 2.05) is 16.2 Å². The van der Waals surface area contributed by atoms with Crippen molar-refractivity contribution in [3.63, 3.8) is 0 Å². The Hall–Kier alpha value is -1.77. The lowest BCUT2D eigenvalue weighted by Gasteiger charge is -2.35. The average Bonchev–Trinajstić information content (AvgIpc) is 3.00. The fourth-order valence-corrected chi connectivity index (χ4v) is 4.59. The van der Waals surface area contributed by atoms with Crippen molar-refractivity contribution >= 4 is 12.2 Å². The van der Waals surface area contributed by atoms with Crippen molar-refractivity contribution in [1.82, 2.24) is 14.3 Å². The molecule has 1 saturated heterocycles. The van der Waals surface area contributed by atoms with E-state index in [0.717, 1.165) is 6.67 Å². The highest BCUT2D eigenvalue weighted by Crippen LogP contribution is 2.19. The predicted molar refractivity (Wildman–Crippen MR) is 112 cm³/mol. The molecular formula is C21H32FN4O2S+. The number of nitrogens with one attached hydrogen (secondary N) is 1. The van der Waals surface area contributed by atoms with Crippen LogP contribution in [0.2, 0.25) is 0 Å². The molecule has 1 aromatic carbocycles. The van der Waals surface area contributed by atoms with Crippen LogP contribution in [0.15, 0.2) is 24.3 Å². The molecule has 160 valence electrons. The molecule has 6 nitrogen and oxygen atoms in total. The van der Waals surface area contributed by atoms with Crippen LogP contribution in [0.3, 0.4) is 0 Å². The summed E-state index contributed by atoms with van der Waals surface area (Å²) >= 11 is 5.77. The van der Waals surface area contributed by atoms with Gasteiger partial charge in [0.15, 0.2) is 24.1 Å². The third kappa shape index (κ3) is 5.05. The van der Waals surface area contributed by atoms with Gasteiger partial charge < -0.3 is 14.4 Å². The van der Waals surface area contributed by atoms with Crippen LogP contribution in [-0.4, -0.2) is 40.1 Å². The molecule has 1 aliphatic rings. The van der Waals surface area contributed by atoms with Crippen molar-refractivity contribution in [3.8, 4) is 5.75 Å². The second kappa shape index (κ2) is 9.82. The molecule has 2 heterocycles. The maximum atomic E-state index is 14.0. The Labute approximate surface area is 177 Å². The van der Waals surface area contributed by atoms with Crippen LogP contribution in [0, 0.1) is 10.6 Å². The zero-order chi connectivity index (χ0) is 21.0. The summed E-state index contributed by atoms with van der Waals surface area (Å²) in [4.78, 5) is 1.50. The maximum absolute atomic E-state index is 14.0. The minimum absolute atomic E-state index is 0.00618. The smallest absolute Gasteiger partial charge is 0.203 e. The quantitative estimate of drug-likeness (QED) is 0.663. The number of halogens is 1. The number of hydrogen-bond acceptors (Lipinski definition) is 4. The van der Waals surface area contributed by atoms with Crippen LogP contribution in [0.5, 0.6) is 5.75 Å². The van der Waals surface area contributed by atoms with E-state index in [-0.39, 0.29) is 24.2 Å². The summed E-state index contributed by atoms with van der Waals surface area (Å²) in [5.41, 5.74) is 0. The Balaban J connectivity index is 1.87. The second-order valence-corrected chi connectivity index (χ2v) is 8.42. The monoisotopic (exact) mass is 423 g/mol. The van der Waals surface area contributed by atoms with Crippen molar-refractivity contribution in [3.05, 3.63) is 40.7 Å². The molecule has 0 spiro atoms. The first kappa shape index (κ1) is 21.9. The van der Waals surface area contributed by atoms with Crippen molar-refractivity contribution in [2.24, 2.45) is 0 Å². The Morgan fingerprint density at radius 2 is 1.97 bits per heavy atom. The number of rotatable bonds is 8. The van der Waals surface area contributed by atoms with Gasteiger partial charge in [0, 0.05) is 7.11 Å². The Bertz CT molecular complexity index is 859. The van der Waals surface area contributed by atoms with E-state index >= 15 is 0 Å². The Morgan fingerprint density at radius 1 is 1.28 bits per heavy atom. The molecule has 3 rings (SSSR count). The van der Waals surface area contributed by atoms with Crippen LogP contribution in [-0.2, 0) is 18.0 Å². The number of piperidine rings is 1. The molecule has 1 aromatic heterocycles. The first-order chi connectivity index (χ1) is 13.9. The van der Waals surface area contributed by atoms with Crippen LogP contribution in [0.1, 0.15) is 51.9 Å². The van der Waals surface area contributed by atoms with Gasteiger partial charge in [0.2, 0.25) is 4.77 Å². The largest absolute Gasteiger partial charge is 0.483 e. The number of methoxy groups -OCH3 is 1. The number of benzene rings is 1. The van der Waals surface area contributed by atoms with E-state index in [2.05, 4.69) is 13.8 Å². The van der Waals surface area contributed by atoms with E-state index in [1.54, 1.807) is 25.3 Å². The summed E-state index contributed by atoms with van der Waals surface area (Å²) in [7, 11) is 1.67. The number of ether oxygens (including phenoxy) is 2. The average molecular weight is 424 g/mol. The number of nitrogens with zero attached hydrogens (tertiary/aromatic N) is 3. The van der Waals surface area contributed by atoms with Gasteiger partial charge in [0.05, 0.1) is 24.7 Å². The Kier molecular flexibility index (Phi) is 7.43. The molecule has 0 aliphatic carbocycles. The SMILES string of the molecule is COC[C@H](C)n1c(COc2ccccc2F)nn(C[NH+]2[C@@H](C)CCC[C@@H]2C)c1=S. The molecule has 2 aromatic rings. The van der Waals surface area contributed by atoms with Gasteiger partial charge >= 0.3 is 0 Å². The zero-order valence-electron chi connectivity index (χ0n) is 17.7. The van der Waals surface area contributed by atoms with E-state index < -0.39 is 0 Å². The number of para-hydroxylation sites is 1. The highest BCUT2D eigenvalue weighted by Gasteiger charge is 2.30. The van der Waals surface area contributed by atoms with Gasteiger partial charge in [-0.1, -0.05) is 12.1 Å². The number of hydrogen-bond donors (Lipinski definition) is 1. The third-order valence-electron chi connectivity index (χ3n) is 5.86. The van der Waals surface area contributed by atoms with Gasteiger partial charge in [-0.2, -0.15) is 4.68 Å². The minimum Gasteiger partial charge on any atom is -0.483 e. The lowest BCUT2D eigenvalue weighted by Crippen LogP contribution is -3.18. The van der Waals surface area contributed by atoms with Gasteiger partial charge in [-0.25, -0.2) is 4.39 Å². The molecule has 8 heteroatoms. The number of aromatic nitrogens is 3. The van der Waals surface area contributed by atoms with E-state index in [0.29, 0.717) is 29.3 Å². The lowest BCUT2D eigenvalue weighted by molar-refractivity contribution is -0.973. The molecule has 3 atom stereocenters. The summed E-state index contributed by atoms with van der Waals surface area (Å²) < 4.78 is 29.5. The summed E-state index contributed by atoms with van der Waals surface area (Å²) in [5.74, 6) is 0.504. The molecule has 0 unspecified atom stereocenters. The summed E-state index contributed by atoms with van der Waals surface area (Å²) in [5, 5.41) is 4.77. The standard InChI is InChI=1S/C21H31FN4O2S/c1-15-8-7-9-16(2)24(15)14-25-21(29)26(17(3)12-27-4)20(23-25)13-28-19-11-6-5-10-18(19)22/h5-6,10-11,15-17H,7-9,12-14H2,1-4H3/p+1/t15-,16-,17-/m0/s1. The van der Waals surface area contributed by atoms with Crippen molar-refractivity contribution in [2.75, 3.05) is 13.7 Å². The van der Waals surface area contributed by atoms with Gasteiger partial charge in [0.1, 0.15) is 6.61 Å². The normalized spacial score (nSPS) is 21.3. The lowest BCUT2D eigenvalue weighted by atomic mass is 9.98. The molecular weight excluding hydrogens is 391 g/mol. The summed E-state index contributed by atoms with van der Waals surface area (Å²) in [6.07, 6.45) is 3.71.